The Morgan fingerprint density at radius 1 is 0.464 bits per heavy atom. The Morgan fingerprint density at radius 3 is 1.18 bits per heavy atom. The smallest absolute Gasteiger partial charge is 0.219 e. The van der Waals surface area contributed by atoms with Crippen molar-refractivity contribution in [1.82, 2.24) is 0 Å². The zero-order chi connectivity index (χ0) is 39.1. The fourth-order valence-corrected chi connectivity index (χ4v) is 7.94. The molecule has 0 aliphatic rings. The van der Waals surface area contributed by atoms with Crippen LogP contribution < -0.4 is 30.4 Å². The Morgan fingerprint density at radius 2 is 0.821 bits per heavy atom. The van der Waals surface area contributed by atoms with Crippen LogP contribution in [0.4, 0.5) is 34.1 Å². The summed E-state index contributed by atoms with van der Waals surface area (Å²) in [4.78, 5) is 4.38. The van der Waals surface area contributed by atoms with Gasteiger partial charge in [0.1, 0.15) is 0 Å². The summed E-state index contributed by atoms with van der Waals surface area (Å²) in [6.07, 6.45) is 4.32. The summed E-state index contributed by atoms with van der Waals surface area (Å²) in [6, 6.07) is 46.1. The van der Waals surface area contributed by atoms with Crippen LogP contribution in [-0.2, 0) is 13.1 Å². The highest BCUT2D eigenvalue weighted by Crippen LogP contribution is 2.35. The molecule has 0 amide bonds. The number of benzene rings is 6. The lowest BCUT2D eigenvalue weighted by molar-refractivity contribution is -0.662. The maximum absolute atomic E-state index is 6.46. The first-order chi connectivity index (χ1) is 27.0. The number of rotatable bonds is 9. The lowest BCUT2D eigenvalue weighted by Gasteiger charge is -2.21. The highest BCUT2D eigenvalue weighted by Gasteiger charge is 2.22. The minimum absolute atomic E-state index is 0.717. The largest absolute Gasteiger partial charge is 0.398 e. The van der Waals surface area contributed by atoms with Gasteiger partial charge in [-0.05, 0) is 97.8 Å². The molecule has 278 valence electrons. The van der Waals surface area contributed by atoms with Crippen LogP contribution in [0.3, 0.4) is 0 Å². The summed E-state index contributed by atoms with van der Waals surface area (Å²) in [5, 5.41) is 3.71. The van der Waals surface area contributed by atoms with Crippen molar-refractivity contribution in [3.63, 3.8) is 0 Å². The molecule has 8 heteroatoms. The number of aromatic nitrogens is 2. The number of nitrogen functional groups attached to an aromatic ring is 2. The van der Waals surface area contributed by atoms with E-state index in [1.807, 2.05) is 60.7 Å². The van der Waals surface area contributed by atoms with Gasteiger partial charge in [0, 0.05) is 81.3 Å². The Labute approximate surface area is 338 Å². The van der Waals surface area contributed by atoms with E-state index in [1.165, 1.54) is 22.3 Å². The normalized spacial score (nSPS) is 11.3. The minimum Gasteiger partial charge on any atom is -0.398 e. The number of pyridine rings is 2. The molecule has 0 saturated heterocycles. The van der Waals surface area contributed by atoms with Crippen LogP contribution in [0, 0.1) is 13.8 Å². The topological polar surface area (TPSA) is 66.3 Å². The summed E-state index contributed by atoms with van der Waals surface area (Å²) in [5.74, 6) is 0. The van der Waals surface area contributed by atoms with Crippen molar-refractivity contribution in [3.8, 4) is 11.1 Å². The van der Waals surface area contributed by atoms with Crippen LogP contribution in [0.2, 0.25) is 10.0 Å². The standard InChI is InChI=1S/C48H42Cl2N6/c1-31-43(51)23-21-41-45(53(3)39-17-13-37(49)14-18-39)25-27-55(47(31)41)29-33-5-9-35(10-6-33)36-11-7-34(8-12-36)30-56-28-26-46(42-22-24-44(52)32(2)48(42)56)54(4)40-19-15-38(50)16-20-40/h5-28,51-52H,29-30H2,1-4H3/p+2. The molecule has 0 atom stereocenters. The molecule has 0 radical (unpaired) electrons. The first-order valence-electron chi connectivity index (χ1n) is 18.6. The predicted molar refractivity (Wildman–Crippen MR) is 236 cm³/mol. The van der Waals surface area contributed by atoms with Crippen molar-refractivity contribution in [2.45, 2.75) is 26.9 Å². The van der Waals surface area contributed by atoms with E-state index in [4.69, 9.17) is 34.7 Å². The zero-order valence-corrected chi connectivity index (χ0v) is 33.5. The van der Waals surface area contributed by atoms with Crippen LogP contribution in [-0.4, -0.2) is 14.1 Å². The third-order valence-corrected chi connectivity index (χ3v) is 11.5. The van der Waals surface area contributed by atoms with Crippen molar-refractivity contribution in [1.29, 1.82) is 0 Å². The van der Waals surface area contributed by atoms with Gasteiger partial charge >= 0.3 is 0 Å². The molecule has 6 aromatic carbocycles. The van der Waals surface area contributed by atoms with Gasteiger partial charge < -0.3 is 21.3 Å². The Kier molecular flexibility index (Phi) is 10.0. The fraction of sp³-hybridized carbons (Fsp3) is 0.125. The van der Waals surface area contributed by atoms with Crippen LogP contribution >= 0.6 is 23.2 Å². The molecule has 2 aromatic heterocycles. The van der Waals surface area contributed by atoms with Gasteiger partial charge in [-0.1, -0.05) is 71.7 Å². The molecule has 2 heterocycles. The van der Waals surface area contributed by atoms with Gasteiger partial charge in [-0.15, -0.1) is 0 Å². The first-order valence-corrected chi connectivity index (χ1v) is 19.4. The number of fused-ring (bicyclic) bond motifs is 2. The van der Waals surface area contributed by atoms with Crippen LogP contribution in [0.5, 0.6) is 0 Å². The van der Waals surface area contributed by atoms with Crippen LogP contribution in [0.25, 0.3) is 32.9 Å². The molecule has 0 fully saturated rings. The molecule has 0 aliphatic heterocycles. The maximum atomic E-state index is 6.46. The summed E-state index contributed by atoms with van der Waals surface area (Å²) in [6.45, 7) is 5.63. The monoisotopic (exact) mass is 774 g/mol. The van der Waals surface area contributed by atoms with Crippen molar-refractivity contribution in [3.05, 3.63) is 178 Å². The summed E-state index contributed by atoms with van der Waals surface area (Å²) >= 11 is 12.4. The van der Waals surface area contributed by atoms with Gasteiger partial charge in [0.25, 0.3) is 0 Å². The van der Waals surface area contributed by atoms with Gasteiger partial charge in [0.05, 0.1) is 22.1 Å². The lowest BCUT2D eigenvalue weighted by Crippen LogP contribution is -2.36. The molecule has 56 heavy (non-hydrogen) atoms. The van der Waals surface area contributed by atoms with E-state index >= 15 is 0 Å². The molecule has 0 bridgehead atoms. The van der Waals surface area contributed by atoms with Crippen LogP contribution in [0.15, 0.2) is 146 Å². The second kappa shape index (κ2) is 15.2. The third-order valence-electron chi connectivity index (χ3n) is 11.0. The van der Waals surface area contributed by atoms with E-state index in [2.05, 4.69) is 132 Å². The average Bonchev–Trinajstić information content (AvgIpc) is 3.21. The van der Waals surface area contributed by atoms with E-state index in [-0.39, 0.29) is 0 Å². The quantitative estimate of drug-likeness (QED) is 0.113. The number of hydrogen-bond acceptors (Lipinski definition) is 4. The van der Waals surface area contributed by atoms with E-state index in [0.717, 1.165) is 77.1 Å². The highest BCUT2D eigenvalue weighted by molar-refractivity contribution is 6.31. The van der Waals surface area contributed by atoms with E-state index < -0.39 is 0 Å². The molecule has 0 saturated carbocycles. The van der Waals surface area contributed by atoms with E-state index in [1.54, 1.807) is 0 Å². The maximum Gasteiger partial charge on any atom is 0.219 e. The SMILES string of the molecule is Cc1c(N)ccc2c(N(C)c3ccc(Cl)cc3)cc[n+](Cc3ccc(-c4ccc(C[n+]5ccc(N(C)c6ccc(Cl)cc6)c6ccc(N)c(C)c65)cc4)cc3)c12. The number of halogens is 2. The van der Waals surface area contributed by atoms with E-state index in [0.29, 0.717) is 13.1 Å². The third kappa shape index (κ3) is 7.10. The molecule has 6 nitrogen and oxygen atoms in total. The lowest BCUT2D eigenvalue weighted by atomic mass is 10.0. The molecule has 8 aromatic rings. The number of nitrogens with two attached hydrogens (primary N) is 2. The summed E-state index contributed by atoms with van der Waals surface area (Å²) in [5.41, 5.74) is 28.0. The van der Waals surface area contributed by atoms with E-state index in [9.17, 15) is 0 Å². The van der Waals surface area contributed by atoms with Crippen molar-refractivity contribution >= 4 is 79.1 Å². The second-order valence-electron chi connectivity index (χ2n) is 14.5. The van der Waals surface area contributed by atoms with Crippen molar-refractivity contribution in [2.75, 3.05) is 35.4 Å². The number of nitrogens with zero attached hydrogens (tertiary/aromatic N) is 4. The molecular formula is C48H44Cl2N6+2. The zero-order valence-electron chi connectivity index (χ0n) is 32.0. The first kappa shape index (κ1) is 36.9. The second-order valence-corrected chi connectivity index (χ2v) is 15.3. The van der Waals surface area contributed by atoms with Gasteiger partial charge in [0.15, 0.2) is 25.5 Å². The van der Waals surface area contributed by atoms with Crippen molar-refractivity contribution in [2.24, 2.45) is 0 Å². The summed E-state index contributed by atoms with van der Waals surface area (Å²) in [7, 11) is 4.16. The van der Waals surface area contributed by atoms with Gasteiger partial charge in [0.2, 0.25) is 11.0 Å². The van der Waals surface area contributed by atoms with Gasteiger partial charge in [-0.25, -0.2) is 0 Å². The van der Waals surface area contributed by atoms with Gasteiger partial charge in [-0.2, -0.15) is 9.13 Å². The Bertz CT molecular complexity index is 2520. The minimum atomic E-state index is 0.717. The number of aryl methyl sites for hydroxylation is 2. The molecule has 8 rings (SSSR count). The number of anilines is 6. The Balaban J connectivity index is 1.03. The van der Waals surface area contributed by atoms with Crippen LogP contribution in [0.1, 0.15) is 22.3 Å². The molecule has 4 N–H and O–H groups in total. The average molecular weight is 776 g/mol. The van der Waals surface area contributed by atoms with Crippen molar-refractivity contribution < 1.29 is 9.13 Å². The highest BCUT2D eigenvalue weighted by atomic mass is 35.5. The predicted octanol–water partition coefficient (Wildman–Crippen LogP) is 11.0. The fourth-order valence-electron chi connectivity index (χ4n) is 7.69. The Hall–Kier alpha value is -6.08. The molecule has 0 unspecified atom stereocenters. The number of hydrogen-bond donors (Lipinski definition) is 2. The molecular weight excluding hydrogens is 731 g/mol. The summed E-state index contributed by atoms with van der Waals surface area (Å²) < 4.78 is 4.59. The molecule has 0 aliphatic carbocycles. The molecule has 0 spiro atoms. The van der Waals surface area contributed by atoms with Gasteiger partial charge in [-0.3, -0.25) is 0 Å².